The second-order valence-corrected chi connectivity index (χ2v) is 4.80. The van der Waals surface area contributed by atoms with E-state index in [1.54, 1.807) is 0 Å². The maximum absolute atomic E-state index is 8.96. The van der Waals surface area contributed by atoms with Gasteiger partial charge in [-0.05, 0) is 24.8 Å². The number of aryl methyl sites for hydroxylation is 1. The van der Waals surface area contributed by atoms with E-state index in [1.807, 2.05) is 38.1 Å². The minimum atomic E-state index is 0.368. The van der Waals surface area contributed by atoms with E-state index in [1.165, 1.54) is 17.3 Å². The van der Waals surface area contributed by atoms with Gasteiger partial charge in [0.05, 0.1) is 0 Å². The van der Waals surface area contributed by atoms with Crippen molar-refractivity contribution in [2.45, 2.75) is 18.9 Å². The first-order chi connectivity index (χ1) is 8.24. The number of benzene rings is 1. The molecule has 0 spiro atoms. The van der Waals surface area contributed by atoms with Crippen molar-refractivity contribution in [3.8, 4) is 17.5 Å². The highest BCUT2D eigenvalue weighted by Gasteiger charge is 2.13. The summed E-state index contributed by atoms with van der Waals surface area (Å²) in [5.41, 5.74) is 2.45. The Kier molecular flexibility index (Phi) is 3.50. The summed E-state index contributed by atoms with van der Waals surface area (Å²) in [6.45, 7) is 4.04. The van der Waals surface area contributed by atoms with Gasteiger partial charge in [0.25, 0.3) is 0 Å². The van der Waals surface area contributed by atoms with E-state index >= 15 is 0 Å². The van der Waals surface area contributed by atoms with Gasteiger partial charge < -0.3 is 4.42 Å². The highest BCUT2D eigenvalue weighted by molar-refractivity contribution is 7.99. The number of nitrogens with zero attached hydrogens (tertiary/aromatic N) is 2. The Morgan fingerprint density at radius 3 is 2.65 bits per heavy atom. The molecule has 17 heavy (non-hydrogen) atoms. The summed E-state index contributed by atoms with van der Waals surface area (Å²) in [4.78, 5) is 4.20. The monoisotopic (exact) mass is 244 g/mol. The predicted octanol–water partition coefficient (Wildman–Crippen LogP) is 3.63. The van der Waals surface area contributed by atoms with Gasteiger partial charge in [-0.1, -0.05) is 36.4 Å². The predicted molar refractivity (Wildman–Crippen MR) is 67.8 cm³/mol. The molecule has 0 atom stereocenters. The Morgan fingerprint density at radius 2 is 2.06 bits per heavy atom. The first-order valence-corrected chi connectivity index (χ1v) is 6.34. The zero-order chi connectivity index (χ0) is 12.3. The van der Waals surface area contributed by atoms with Crippen LogP contribution < -0.4 is 0 Å². The average molecular weight is 244 g/mol. The van der Waals surface area contributed by atoms with Crippen LogP contribution in [0.25, 0.3) is 11.5 Å². The summed E-state index contributed by atoms with van der Waals surface area (Å²) in [5.74, 6) is 1.37. The number of hydrogen-bond acceptors (Lipinski definition) is 4. The molecule has 0 aliphatic heterocycles. The molecule has 2 aromatic rings. The van der Waals surface area contributed by atoms with Crippen molar-refractivity contribution in [2.24, 2.45) is 0 Å². The second kappa shape index (κ2) is 5.07. The highest BCUT2D eigenvalue weighted by Crippen LogP contribution is 2.28. The lowest BCUT2D eigenvalue weighted by Gasteiger charge is -1.95. The van der Waals surface area contributed by atoms with E-state index < -0.39 is 0 Å². The Balaban J connectivity index is 2.40. The lowest BCUT2D eigenvalue weighted by Crippen LogP contribution is -1.79. The Hall–Kier alpha value is -1.73. The van der Waals surface area contributed by atoms with Crippen LogP contribution in [0.5, 0.6) is 0 Å². The number of aromatic nitrogens is 1. The largest absolute Gasteiger partial charge is 0.428 e. The number of rotatable bonds is 3. The number of thioether (sulfide) groups is 1. The van der Waals surface area contributed by atoms with E-state index in [0.29, 0.717) is 16.7 Å². The Bertz CT molecular complexity index is 552. The topological polar surface area (TPSA) is 49.8 Å². The maximum atomic E-state index is 8.96. The van der Waals surface area contributed by atoms with Gasteiger partial charge in [-0.15, -0.1) is 0 Å². The lowest BCUT2D eigenvalue weighted by molar-refractivity contribution is 0.483. The fourth-order valence-corrected chi connectivity index (χ4v) is 2.05. The third-order valence-electron chi connectivity index (χ3n) is 2.28. The summed E-state index contributed by atoms with van der Waals surface area (Å²) < 4.78 is 5.60. The van der Waals surface area contributed by atoms with Crippen LogP contribution in [0.3, 0.4) is 0 Å². The zero-order valence-electron chi connectivity index (χ0n) is 9.73. The quantitative estimate of drug-likeness (QED) is 0.773. The Morgan fingerprint density at radius 1 is 1.35 bits per heavy atom. The van der Waals surface area contributed by atoms with Crippen LogP contribution in [-0.4, -0.2) is 10.7 Å². The van der Waals surface area contributed by atoms with Crippen molar-refractivity contribution >= 4 is 11.8 Å². The van der Waals surface area contributed by atoms with E-state index in [2.05, 4.69) is 11.1 Å². The van der Waals surface area contributed by atoms with E-state index in [-0.39, 0.29) is 0 Å². The number of hydrogen-bond donors (Lipinski definition) is 0. The van der Waals surface area contributed by atoms with Crippen LogP contribution in [0.2, 0.25) is 0 Å². The van der Waals surface area contributed by atoms with Crippen molar-refractivity contribution in [2.75, 3.05) is 5.75 Å². The van der Waals surface area contributed by atoms with Crippen molar-refractivity contribution < 1.29 is 4.42 Å². The molecule has 0 saturated carbocycles. The minimum Gasteiger partial charge on any atom is -0.428 e. The molecule has 0 radical (unpaired) electrons. The van der Waals surface area contributed by atoms with Crippen molar-refractivity contribution in [3.63, 3.8) is 0 Å². The molecule has 1 heterocycles. The van der Waals surface area contributed by atoms with Gasteiger partial charge in [0, 0.05) is 5.56 Å². The SMILES string of the molecule is CCSc1oc(-c2ccc(C)cc2)nc1C#N. The normalized spacial score (nSPS) is 10.2. The van der Waals surface area contributed by atoms with Crippen LogP contribution in [0.1, 0.15) is 18.2 Å². The standard InChI is InChI=1S/C13H12N2OS/c1-3-17-13-11(8-14)15-12(16-13)10-6-4-9(2)5-7-10/h4-7H,3H2,1-2H3. The molecular formula is C13H12N2OS. The molecule has 1 aromatic carbocycles. The second-order valence-electron chi connectivity index (χ2n) is 3.57. The van der Waals surface area contributed by atoms with Crippen LogP contribution in [0, 0.1) is 18.3 Å². The number of oxazole rings is 1. The lowest BCUT2D eigenvalue weighted by atomic mass is 10.1. The van der Waals surface area contributed by atoms with Gasteiger partial charge in [-0.2, -0.15) is 10.2 Å². The molecule has 3 nitrogen and oxygen atoms in total. The Labute approximate surface area is 104 Å². The van der Waals surface area contributed by atoms with Gasteiger partial charge in [0.15, 0.2) is 10.8 Å². The summed E-state index contributed by atoms with van der Waals surface area (Å²) >= 11 is 1.49. The van der Waals surface area contributed by atoms with Gasteiger partial charge in [-0.3, -0.25) is 0 Å². The van der Waals surface area contributed by atoms with E-state index in [0.717, 1.165) is 11.3 Å². The van der Waals surface area contributed by atoms with Gasteiger partial charge in [-0.25, -0.2) is 0 Å². The summed E-state index contributed by atoms with van der Waals surface area (Å²) in [5, 5.41) is 9.57. The molecule has 1 aromatic heterocycles. The van der Waals surface area contributed by atoms with Gasteiger partial charge in [0.2, 0.25) is 5.89 Å². The molecule has 0 unspecified atom stereocenters. The molecule has 2 rings (SSSR count). The van der Waals surface area contributed by atoms with Gasteiger partial charge >= 0.3 is 0 Å². The van der Waals surface area contributed by atoms with E-state index in [9.17, 15) is 0 Å². The molecule has 0 N–H and O–H groups in total. The molecule has 0 aliphatic carbocycles. The molecule has 0 saturated heterocycles. The first kappa shape index (κ1) is 11.7. The summed E-state index contributed by atoms with van der Waals surface area (Å²) in [6.07, 6.45) is 0. The maximum Gasteiger partial charge on any atom is 0.228 e. The fourth-order valence-electron chi connectivity index (χ4n) is 1.43. The molecule has 0 amide bonds. The average Bonchev–Trinajstić information content (AvgIpc) is 2.74. The van der Waals surface area contributed by atoms with Crippen LogP contribution in [0.15, 0.2) is 33.8 Å². The van der Waals surface area contributed by atoms with Crippen molar-refractivity contribution in [3.05, 3.63) is 35.5 Å². The third kappa shape index (κ3) is 2.51. The molecular weight excluding hydrogens is 232 g/mol. The van der Waals surface area contributed by atoms with Gasteiger partial charge in [0.1, 0.15) is 6.07 Å². The fraction of sp³-hybridized carbons (Fsp3) is 0.231. The smallest absolute Gasteiger partial charge is 0.228 e. The minimum absolute atomic E-state index is 0.368. The van der Waals surface area contributed by atoms with E-state index in [4.69, 9.17) is 9.68 Å². The number of nitriles is 1. The molecule has 0 fully saturated rings. The third-order valence-corrected chi connectivity index (χ3v) is 3.10. The van der Waals surface area contributed by atoms with Crippen molar-refractivity contribution in [1.82, 2.24) is 4.98 Å². The molecule has 0 aliphatic rings. The van der Waals surface area contributed by atoms with Crippen LogP contribution >= 0.6 is 11.8 Å². The first-order valence-electron chi connectivity index (χ1n) is 5.35. The molecule has 86 valence electrons. The highest BCUT2D eigenvalue weighted by atomic mass is 32.2. The zero-order valence-corrected chi connectivity index (χ0v) is 10.5. The molecule has 4 heteroatoms. The van der Waals surface area contributed by atoms with Crippen molar-refractivity contribution in [1.29, 1.82) is 5.26 Å². The van der Waals surface area contributed by atoms with Crippen LogP contribution in [0.4, 0.5) is 0 Å². The molecule has 0 bridgehead atoms. The summed E-state index contributed by atoms with van der Waals surface area (Å²) in [6, 6.07) is 9.95. The summed E-state index contributed by atoms with van der Waals surface area (Å²) in [7, 11) is 0. The van der Waals surface area contributed by atoms with Crippen LogP contribution in [-0.2, 0) is 0 Å².